The van der Waals surface area contributed by atoms with Crippen molar-refractivity contribution in [3.63, 3.8) is 0 Å². The van der Waals surface area contributed by atoms with Gasteiger partial charge in [0, 0.05) is 31.4 Å². The third kappa shape index (κ3) is 2.85. The van der Waals surface area contributed by atoms with Gasteiger partial charge in [0.2, 0.25) is 0 Å². The van der Waals surface area contributed by atoms with Gasteiger partial charge in [-0.05, 0) is 13.8 Å². The van der Waals surface area contributed by atoms with Crippen LogP contribution in [-0.4, -0.2) is 36.3 Å². The van der Waals surface area contributed by atoms with Gasteiger partial charge in [0.05, 0.1) is 5.69 Å². The van der Waals surface area contributed by atoms with Gasteiger partial charge >= 0.3 is 11.7 Å². The lowest BCUT2D eigenvalue weighted by atomic mass is 10.0. The molecule has 0 saturated heterocycles. The molecule has 0 bridgehead atoms. The second-order valence-corrected chi connectivity index (χ2v) is 5.36. The molecule has 0 saturated carbocycles. The molecule has 1 amide bonds. The van der Waals surface area contributed by atoms with Crippen molar-refractivity contribution >= 4 is 11.9 Å². The maximum Gasteiger partial charge on any atom is 0.331 e. The highest BCUT2D eigenvalue weighted by Crippen LogP contribution is 2.20. The van der Waals surface area contributed by atoms with Gasteiger partial charge in [0.15, 0.2) is 6.04 Å². The summed E-state index contributed by atoms with van der Waals surface area (Å²) in [6.07, 6.45) is 0. The van der Waals surface area contributed by atoms with E-state index in [1.54, 1.807) is 13.8 Å². The van der Waals surface area contributed by atoms with Crippen molar-refractivity contribution in [3.05, 3.63) is 49.5 Å². The number of carboxylic acid groups (broad SMARTS) is 1. The maximum absolute atomic E-state index is 12.4. The topological polar surface area (TPSA) is 139 Å². The lowest BCUT2D eigenvalue weighted by molar-refractivity contribution is -0.139. The van der Waals surface area contributed by atoms with E-state index in [4.69, 9.17) is 0 Å². The molecule has 3 N–H and O–H groups in total. The fourth-order valence-corrected chi connectivity index (χ4v) is 2.40. The summed E-state index contributed by atoms with van der Waals surface area (Å²) in [6.45, 7) is 3.24. The quantitative estimate of drug-likeness (QED) is 0.653. The number of aryl methyl sites for hydroxylation is 2. The molecule has 0 aliphatic carbocycles. The van der Waals surface area contributed by atoms with Crippen molar-refractivity contribution in [1.29, 1.82) is 0 Å². The molecule has 10 nitrogen and oxygen atoms in total. The van der Waals surface area contributed by atoms with Gasteiger partial charge < -0.3 is 10.4 Å². The molecular weight excluding hydrogens is 318 g/mol. The number of hydrogen-bond donors (Lipinski definition) is 3. The summed E-state index contributed by atoms with van der Waals surface area (Å²) >= 11 is 0. The molecule has 2 heterocycles. The van der Waals surface area contributed by atoms with Crippen LogP contribution in [0.5, 0.6) is 0 Å². The van der Waals surface area contributed by atoms with E-state index in [-0.39, 0.29) is 5.69 Å². The summed E-state index contributed by atoms with van der Waals surface area (Å²) in [5.41, 5.74) is -0.324. The summed E-state index contributed by atoms with van der Waals surface area (Å²) in [7, 11) is 2.60. The van der Waals surface area contributed by atoms with Crippen molar-refractivity contribution in [2.45, 2.75) is 19.9 Å². The number of rotatable bonds is 4. The molecule has 2 aromatic heterocycles. The third-order valence-corrected chi connectivity index (χ3v) is 3.75. The minimum atomic E-state index is -1.37. The minimum Gasteiger partial charge on any atom is -0.479 e. The van der Waals surface area contributed by atoms with E-state index < -0.39 is 29.2 Å². The number of amides is 1. The van der Waals surface area contributed by atoms with Crippen LogP contribution in [0.1, 0.15) is 33.5 Å². The highest BCUT2D eigenvalue weighted by molar-refractivity contribution is 5.95. The summed E-state index contributed by atoms with van der Waals surface area (Å²) in [5.74, 6) is -2.13. The smallest absolute Gasteiger partial charge is 0.331 e. The van der Waals surface area contributed by atoms with E-state index in [0.29, 0.717) is 17.0 Å². The first-order chi connectivity index (χ1) is 11.1. The van der Waals surface area contributed by atoms with Crippen LogP contribution in [0.3, 0.4) is 0 Å². The van der Waals surface area contributed by atoms with Crippen molar-refractivity contribution in [2.75, 3.05) is 0 Å². The van der Waals surface area contributed by atoms with Gasteiger partial charge in [0.25, 0.3) is 11.5 Å². The zero-order chi connectivity index (χ0) is 18.2. The van der Waals surface area contributed by atoms with Gasteiger partial charge in [-0.1, -0.05) is 0 Å². The lowest BCUT2D eigenvalue weighted by Gasteiger charge is -2.16. The minimum absolute atomic E-state index is 0.229. The predicted octanol–water partition coefficient (Wildman–Crippen LogP) is -1.02. The van der Waals surface area contributed by atoms with Crippen LogP contribution < -0.4 is 16.6 Å². The number of carbonyl (C=O) groups excluding carboxylic acids is 1. The van der Waals surface area contributed by atoms with Crippen molar-refractivity contribution in [1.82, 2.24) is 24.6 Å². The molecule has 0 aromatic carbocycles. The molecule has 2 aromatic rings. The van der Waals surface area contributed by atoms with E-state index >= 15 is 0 Å². The lowest BCUT2D eigenvalue weighted by Crippen LogP contribution is -2.42. The first-order valence-corrected chi connectivity index (χ1v) is 6.97. The zero-order valence-corrected chi connectivity index (χ0v) is 13.6. The van der Waals surface area contributed by atoms with Gasteiger partial charge in [-0.25, -0.2) is 9.59 Å². The van der Waals surface area contributed by atoms with E-state index in [2.05, 4.69) is 15.5 Å². The van der Waals surface area contributed by atoms with Gasteiger partial charge in [-0.15, -0.1) is 0 Å². The van der Waals surface area contributed by atoms with Crippen LogP contribution in [0, 0.1) is 13.8 Å². The Labute approximate surface area is 135 Å². The molecule has 1 atom stereocenters. The standard InChI is InChI=1S/C14H17N5O5/c1-6-10(7(2)17-16-6)11(13(22)23)15-12(21)8-5-9(20)19(4)14(24)18(8)3/h5,11H,1-4H3,(H,15,21)(H,16,17)(H,22,23)/t11-/m0/s1. The number of carboxylic acids is 1. The molecule has 10 heteroatoms. The Balaban J connectivity index is 2.46. The Kier molecular flexibility index (Phi) is 4.40. The average Bonchev–Trinajstić information content (AvgIpc) is 2.85. The first kappa shape index (κ1) is 17.2. The summed E-state index contributed by atoms with van der Waals surface area (Å²) < 4.78 is 1.82. The van der Waals surface area contributed by atoms with Crippen molar-refractivity contribution in [2.24, 2.45) is 14.1 Å². The molecule has 0 aliphatic rings. The summed E-state index contributed by atoms with van der Waals surface area (Å²) in [4.78, 5) is 47.6. The van der Waals surface area contributed by atoms with Crippen LogP contribution in [0.4, 0.5) is 0 Å². The number of carbonyl (C=O) groups is 2. The van der Waals surface area contributed by atoms with E-state index in [1.807, 2.05) is 0 Å². The Bertz CT molecular complexity index is 917. The van der Waals surface area contributed by atoms with Gasteiger partial charge in [0.1, 0.15) is 5.69 Å². The molecule has 0 aliphatic heterocycles. The van der Waals surface area contributed by atoms with E-state index in [0.717, 1.165) is 15.2 Å². The maximum atomic E-state index is 12.4. The van der Waals surface area contributed by atoms with E-state index in [1.165, 1.54) is 14.1 Å². The number of aliphatic carboxylic acids is 1. The van der Waals surface area contributed by atoms with Crippen molar-refractivity contribution in [3.8, 4) is 0 Å². The normalized spacial score (nSPS) is 12.0. The Morgan fingerprint density at radius 1 is 1.25 bits per heavy atom. The molecular formula is C14H17N5O5. The Morgan fingerprint density at radius 3 is 2.38 bits per heavy atom. The number of H-pyrrole nitrogens is 1. The molecule has 0 fully saturated rings. The van der Waals surface area contributed by atoms with Gasteiger partial charge in [-0.2, -0.15) is 5.10 Å². The molecule has 0 spiro atoms. The Morgan fingerprint density at radius 2 is 1.88 bits per heavy atom. The van der Waals surface area contributed by atoms with Crippen LogP contribution in [-0.2, 0) is 18.9 Å². The fourth-order valence-electron chi connectivity index (χ4n) is 2.40. The van der Waals surface area contributed by atoms with Crippen LogP contribution in [0.15, 0.2) is 15.7 Å². The highest BCUT2D eigenvalue weighted by atomic mass is 16.4. The second-order valence-electron chi connectivity index (χ2n) is 5.36. The summed E-state index contributed by atoms with van der Waals surface area (Å²) in [6, 6.07) is -0.388. The zero-order valence-electron chi connectivity index (χ0n) is 13.6. The number of nitrogens with one attached hydrogen (secondary N) is 2. The monoisotopic (exact) mass is 335 g/mol. The first-order valence-electron chi connectivity index (χ1n) is 6.97. The number of hydrogen-bond acceptors (Lipinski definition) is 5. The SMILES string of the molecule is Cc1n[nH]c(C)c1[C@H](NC(=O)c1cc(=O)n(C)c(=O)n1C)C(=O)O. The Hall–Kier alpha value is -3.17. The van der Waals surface area contributed by atoms with Gasteiger partial charge in [-0.3, -0.25) is 23.8 Å². The van der Waals surface area contributed by atoms with E-state index in [9.17, 15) is 24.3 Å². The molecule has 0 unspecified atom stereocenters. The average molecular weight is 335 g/mol. The number of aromatic amines is 1. The summed E-state index contributed by atoms with van der Waals surface area (Å²) in [5, 5.41) is 18.3. The predicted molar refractivity (Wildman–Crippen MR) is 82.8 cm³/mol. The molecule has 24 heavy (non-hydrogen) atoms. The van der Waals surface area contributed by atoms with Crippen molar-refractivity contribution < 1.29 is 14.7 Å². The molecule has 0 radical (unpaired) electrons. The number of nitrogens with zero attached hydrogens (tertiary/aromatic N) is 3. The number of aromatic nitrogens is 4. The molecule has 2 rings (SSSR count). The second kappa shape index (κ2) is 6.14. The van der Waals surface area contributed by atoms with Crippen LogP contribution in [0.25, 0.3) is 0 Å². The largest absolute Gasteiger partial charge is 0.479 e. The highest BCUT2D eigenvalue weighted by Gasteiger charge is 2.28. The van der Waals surface area contributed by atoms with Crippen LogP contribution in [0.2, 0.25) is 0 Å². The third-order valence-electron chi connectivity index (χ3n) is 3.75. The fraction of sp³-hybridized carbons (Fsp3) is 0.357. The molecule has 128 valence electrons. The van der Waals surface area contributed by atoms with Crippen LogP contribution >= 0.6 is 0 Å².